The quantitative estimate of drug-likeness (QED) is 0.911. The molecule has 1 N–H and O–H groups in total. The first-order valence-electron chi connectivity index (χ1n) is 4.07. The molecule has 0 aromatic carbocycles. The number of hydrogen-bond acceptors (Lipinski definition) is 3. The van der Waals surface area contributed by atoms with Crippen LogP contribution in [0.5, 0.6) is 0 Å². The first kappa shape index (κ1) is 9.89. The third-order valence-corrected chi connectivity index (χ3v) is 3.53. The van der Waals surface area contributed by atoms with E-state index in [-0.39, 0.29) is 0 Å². The molecule has 0 aliphatic heterocycles. The van der Waals surface area contributed by atoms with Crippen molar-refractivity contribution in [2.75, 3.05) is 0 Å². The Hall–Kier alpha value is -0.650. The highest BCUT2D eigenvalue weighted by Crippen LogP contribution is 2.28. The van der Waals surface area contributed by atoms with E-state index in [4.69, 9.17) is 0 Å². The lowest BCUT2D eigenvalue weighted by Gasteiger charge is -2.07. The summed E-state index contributed by atoms with van der Waals surface area (Å²) in [7, 11) is 1.87. The molecule has 0 radical (unpaired) electrons. The molecule has 0 saturated heterocycles. The van der Waals surface area contributed by atoms with Gasteiger partial charge in [0.1, 0.15) is 11.9 Å². The summed E-state index contributed by atoms with van der Waals surface area (Å²) in [4.78, 5) is 4.10. The lowest BCUT2D eigenvalue weighted by atomic mass is 10.2. The van der Waals surface area contributed by atoms with Crippen LogP contribution < -0.4 is 0 Å². The van der Waals surface area contributed by atoms with Gasteiger partial charge >= 0.3 is 0 Å². The molecule has 0 spiro atoms. The molecule has 0 fully saturated rings. The van der Waals surface area contributed by atoms with Gasteiger partial charge in [-0.25, -0.2) is 4.98 Å². The fourth-order valence-electron chi connectivity index (χ4n) is 1.26. The summed E-state index contributed by atoms with van der Waals surface area (Å²) in [5.41, 5.74) is 0.871. The molecule has 74 valence electrons. The molecule has 0 amide bonds. The first-order valence-corrected chi connectivity index (χ1v) is 5.75. The molecular weight excluding hydrogens is 264 g/mol. The van der Waals surface area contributed by atoms with Crippen molar-refractivity contribution >= 4 is 27.3 Å². The maximum atomic E-state index is 9.98. The summed E-state index contributed by atoms with van der Waals surface area (Å²) >= 11 is 4.92. The molecule has 2 aromatic heterocycles. The van der Waals surface area contributed by atoms with E-state index < -0.39 is 6.10 Å². The monoisotopic (exact) mass is 272 g/mol. The van der Waals surface area contributed by atoms with Gasteiger partial charge in [-0.3, -0.25) is 0 Å². The number of aryl methyl sites for hydroxylation is 1. The highest BCUT2D eigenvalue weighted by Gasteiger charge is 2.15. The fourth-order valence-corrected chi connectivity index (χ4v) is 2.45. The van der Waals surface area contributed by atoms with E-state index in [0.29, 0.717) is 5.82 Å². The molecule has 0 bridgehead atoms. The fraction of sp³-hybridized carbons (Fsp3) is 0.222. The number of halogens is 1. The highest BCUT2D eigenvalue weighted by molar-refractivity contribution is 9.11. The van der Waals surface area contributed by atoms with Crippen molar-refractivity contribution in [3.8, 4) is 0 Å². The van der Waals surface area contributed by atoms with E-state index >= 15 is 0 Å². The number of imidazole rings is 1. The maximum Gasteiger partial charge on any atom is 0.142 e. The molecule has 2 rings (SSSR count). The van der Waals surface area contributed by atoms with Crippen LogP contribution in [0.25, 0.3) is 0 Å². The van der Waals surface area contributed by atoms with Crippen LogP contribution in [0.15, 0.2) is 27.6 Å². The highest BCUT2D eigenvalue weighted by atomic mass is 79.9. The molecule has 5 heteroatoms. The maximum absolute atomic E-state index is 9.98. The topological polar surface area (TPSA) is 38.0 Å². The molecule has 0 saturated carbocycles. The number of hydrogen-bond donors (Lipinski definition) is 1. The molecule has 1 atom stereocenters. The van der Waals surface area contributed by atoms with E-state index in [1.807, 2.05) is 29.3 Å². The lowest BCUT2D eigenvalue weighted by Crippen LogP contribution is -2.05. The molecule has 2 aromatic rings. The van der Waals surface area contributed by atoms with Crippen LogP contribution in [0.1, 0.15) is 17.5 Å². The van der Waals surface area contributed by atoms with Gasteiger partial charge in [0.25, 0.3) is 0 Å². The van der Waals surface area contributed by atoms with Crippen LogP contribution in [-0.4, -0.2) is 14.7 Å². The summed E-state index contributed by atoms with van der Waals surface area (Å²) < 4.78 is 2.83. The van der Waals surface area contributed by atoms with E-state index in [2.05, 4.69) is 20.9 Å². The summed E-state index contributed by atoms with van der Waals surface area (Å²) in [5, 5.41) is 11.9. The van der Waals surface area contributed by atoms with Gasteiger partial charge in [0.15, 0.2) is 0 Å². The Balaban J connectivity index is 2.33. The van der Waals surface area contributed by atoms with Crippen molar-refractivity contribution in [1.82, 2.24) is 9.55 Å². The summed E-state index contributed by atoms with van der Waals surface area (Å²) in [6.07, 6.45) is 2.86. The molecule has 0 aliphatic rings. The Morgan fingerprint density at radius 3 is 2.93 bits per heavy atom. The van der Waals surface area contributed by atoms with Gasteiger partial charge in [-0.05, 0) is 32.9 Å². The standard InChI is InChI=1S/C9H9BrN2OS/c1-12-3-2-11-9(12)8(13)6-4-7(10)14-5-6/h2-5,8,13H,1H3. The Bertz CT molecular complexity index is 437. The van der Waals surface area contributed by atoms with Gasteiger partial charge in [0.2, 0.25) is 0 Å². The Morgan fingerprint density at radius 1 is 1.64 bits per heavy atom. The molecular formula is C9H9BrN2OS. The second-order valence-corrected chi connectivity index (χ2v) is 5.27. The predicted octanol–water partition coefficient (Wildman–Crippen LogP) is 2.33. The van der Waals surface area contributed by atoms with Gasteiger partial charge in [-0.2, -0.15) is 0 Å². The van der Waals surface area contributed by atoms with Crippen LogP contribution >= 0.6 is 27.3 Å². The molecule has 2 heterocycles. The van der Waals surface area contributed by atoms with E-state index in [1.54, 1.807) is 17.5 Å². The third kappa shape index (κ3) is 1.75. The van der Waals surface area contributed by atoms with Crippen molar-refractivity contribution < 1.29 is 5.11 Å². The van der Waals surface area contributed by atoms with Gasteiger partial charge in [-0.15, -0.1) is 11.3 Å². The van der Waals surface area contributed by atoms with Crippen LogP contribution in [0, 0.1) is 0 Å². The van der Waals surface area contributed by atoms with Crippen molar-refractivity contribution in [2.45, 2.75) is 6.10 Å². The van der Waals surface area contributed by atoms with Crippen LogP contribution in [0.4, 0.5) is 0 Å². The number of aliphatic hydroxyl groups excluding tert-OH is 1. The van der Waals surface area contributed by atoms with E-state index in [0.717, 1.165) is 9.35 Å². The average Bonchev–Trinajstić information content (AvgIpc) is 2.73. The lowest BCUT2D eigenvalue weighted by molar-refractivity contribution is 0.206. The zero-order chi connectivity index (χ0) is 10.1. The van der Waals surface area contributed by atoms with Gasteiger partial charge in [0.05, 0.1) is 3.79 Å². The first-order chi connectivity index (χ1) is 6.68. The SMILES string of the molecule is Cn1ccnc1C(O)c1csc(Br)c1. The largest absolute Gasteiger partial charge is 0.380 e. The number of aliphatic hydroxyl groups is 1. The van der Waals surface area contributed by atoms with Gasteiger partial charge < -0.3 is 9.67 Å². The molecule has 14 heavy (non-hydrogen) atoms. The number of thiophene rings is 1. The van der Waals surface area contributed by atoms with Crippen molar-refractivity contribution in [3.05, 3.63) is 39.0 Å². The number of rotatable bonds is 2. The van der Waals surface area contributed by atoms with Crippen molar-refractivity contribution in [3.63, 3.8) is 0 Å². The summed E-state index contributed by atoms with van der Waals surface area (Å²) in [6.45, 7) is 0. The van der Waals surface area contributed by atoms with E-state index in [1.165, 1.54) is 0 Å². The third-order valence-electron chi connectivity index (χ3n) is 2.01. The Morgan fingerprint density at radius 2 is 2.43 bits per heavy atom. The zero-order valence-electron chi connectivity index (χ0n) is 7.51. The van der Waals surface area contributed by atoms with Crippen LogP contribution in [0.3, 0.4) is 0 Å². The second kappa shape index (κ2) is 3.84. The number of nitrogens with zero attached hydrogens (tertiary/aromatic N) is 2. The minimum atomic E-state index is -0.641. The van der Waals surface area contributed by atoms with Gasteiger partial charge in [-0.1, -0.05) is 0 Å². The average molecular weight is 273 g/mol. The molecule has 1 unspecified atom stereocenters. The molecule has 0 aliphatic carbocycles. The van der Waals surface area contributed by atoms with Crippen molar-refractivity contribution in [2.24, 2.45) is 7.05 Å². The van der Waals surface area contributed by atoms with Gasteiger partial charge in [0, 0.05) is 19.4 Å². The minimum absolute atomic E-state index is 0.641. The van der Waals surface area contributed by atoms with Crippen LogP contribution in [0.2, 0.25) is 0 Å². The Kier molecular flexibility index (Phi) is 2.71. The minimum Gasteiger partial charge on any atom is -0.380 e. The summed E-state index contributed by atoms with van der Waals surface area (Å²) in [5.74, 6) is 0.662. The van der Waals surface area contributed by atoms with E-state index in [9.17, 15) is 5.11 Å². The molecule has 3 nitrogen and oxygen atoms in total. The smallest absolute Gasteiger partial charge is 0.142 e. The zero-order valence-corrected chi connectivity index (χ0v) is 9.92. The normalized spacial score (nSPS) is 13.1. The number of aromatic nitrogens is 2. The predicted molar refractivity (Wildman–Crippen MR) is 59.3 cm³/mol. The summed E-state index contributed by atoms with van der Waals surface area (Å²) in [6, 6.07) is 1.91. The van der Waals surface area contributed by atoms with Crippen LogP contribution in [-0.2, 0) is 7.05 Å². The second-order valence-electron chi connectivity index (χ2n) is 2.98. The Labute approximate surface area is 94.2 Å². The van der Waals surface area contributed by atoms with Crippen molar-refractivity contribution in [1.29, 1.82) is 0 Å².